The molecule has 0 radical (unpaired) electrons. The van der Waals surface area contributed by atoms with Crippen LogP contribution in [0.1, 0.15) is 69.2 Å². The van der Waals surface area contributed by atoms with E-state index in [-0.39, 0.29) is 0 Å². The number of imidazole rings is 1. The predicted molar refractivity (Wildman–Crippen MR) is 143 cm³/mol. The van der Waals surface area contributed by atoms with E-state index in [0.717, 1.165) is 55.8 Å². The lowest BCUT2D eigenvalue weighted by Crippen LogP contribution is -2.42. The van der Waals surface area contributed by atoms with E-state index in [1.807, 2.05) is 16.9 Å². The summed E-state index contributed by atoms with van der Waals surface area (Å²) in [6.07, 6.45) is 11.2. The van der Waals surface area contributed by atoms with Gasteiger partial charge in [0.25, 0.3) is 0 Å². The molecule has 0 spiro atoms. The second-order valence-corrected chi connectivity index (χ2v) is 10.1. The van der Waals surface area contributed by atoms with E-state index in [1.165, 1.54) is 18.4 Å². The van der Waals surface area contributed by atoms with E-state index in [2.05, 4.69) is 66.0 Å². The monoisotopic (exact) mass is 479 g/mol. The molecule has 35 heavy (non-hydrogen) atoms. The third-order valence-corrected chi connectivity index (χ3v) is 7.05. The van der Waals surface area contributed by atoms with Crippen molar-refractivity contribution in [1.82, 2.24) is 29.5 Å². The Kier molecular flexibility index (Phi) is 8.05. The van der Waals surface area contributed by atoms with E-state index < -0.39 is 0 Å². The summed E-state index contributed by atoms with van der Waals surface area (Å²) >= 11 is 0. The van der Waals surface area contributed by atoms with Crippen LogP contribution in [0.25, 0.3) is 5.65 Å². The lowest BCUT2D eigenvalue weighted by molar-refractivity contribution is 0.249. The molecule has 4 rings (SSSR count). The molecule has 1 aliphatic heterocycles. The van der Waals surface area contributed by atoms with Gasteiger partial charge in [-0.25, -0.2) is 14.5 Å². The van der Waals surface area contributed by atoms with Gasteiger partial charge in [-0.05, 0) is 57.8 Å². The quantitative estimate of drug-likeness (QED) is 0.451. The zero-order valence-corrected chi connectivity index (χ0v) is 22.0. The van der Waals surface area contributed by atoms with E-state index in [1.54, 1.807) is 0 Å². The molecular formula is C26H41N9. The first-order valence-electron chi connectivity index (χ1n) is 13.0. The fourth-order valence-electron chi connectivity index (χ4n) is 5.15. The Labute approximate surface area is 209 Å². The van der Waals surface area contributed by atoms with Crippen molar-refractivity contribution in [2.24, 2.45) is 0 Å². The van der Waals surface area contributed by atoms with Crippen LogP contribution in [-0.4, -0.2) is 68.7 Å². The maximum Gasteiger partial charge on any atom is 0.243 e. The number of aromatic nitrogens is 5. The molecule has 0 atom stereocenters. The van der Waals surface area contributed by atoms with Gasteiger partial charge in [-0.15, -0.1) is 5.10 Å². The van der Waals surface area contributed by atoms with Gasteiger partial charge < -0.3 is 20.9 Å². The second kappa shape index (κ2) is 11.2. The van der Waals surface area contributed by atoms with Crippen LogP contribution in [0, 0.1) is 6.92 Å². The Morgan fingerprint density at radius 2 is 1.83 bits per heavy atom. The van der Waals surface area contributed by atoms with E-state index in [9.17, 15) is 0 Å². The Bertz CT molecular complexity index is 1110. The van der Waals surface area contributed by atoms with Gasteiger partial charge in [0.2, 0.25) is 5.95 Å². The number of aryl methyl sites for hydroxylation is 1. The van der Waals surface area contributed by atoms with Crippen LogP contribution in [0.2, 0.25) is 0 Å². The molecule has 4 heterocycles. The molecular weight excluding hydrogens is 438 g/mol. The maximum atomic E-state index is 6.25. The SMILES string of the molecule is CCCC(CCC)Nc1nc(N)c2ncc(Cc3cnc(N4CCC(N(C)C)CC4)c(C)c3)n2n1. The number of hydrogen-bond acceptors (Lipinski definition) is 8. The fraction of sp³-hybridized carbons (Fsp3) is 0.615. The van der Waals surface area contributed by atoms with Crippen LogP contribution in [0.15, 0.2) is 18.5 Å². The van der Waals surface area contributed by atoms with Gasteiger partial charge in [-0.1, -0.05) is 32.8 Å². The molecule has 3 aromatic rings. The topological polar surface area (TPSA) is 100 Å². The van der Waals surface area contributed by atoms with Crippen molar-refractivity contribution < 1.29 is 0 Å². The Balaban J connectivity index is 1.51. The van der Waals surface area contributed by atoms with Crippen molar-refractivity contribution in [3.05, 3.63) is 35.3 Å². The van der Waals surface area contributed by atoms with Crippen molar-refractivity contribution in [2.45, 2.75) is 77.8 Å². The number of nitrogen functional groups attached to an aromatic ring is 1. The van der Waals surface area contributed by atoms with Gasteiger partial charge in [0.1, 0.15) is 5.82 Å². The van der Waals surface area contributed by atoms with Crippen molar-refractivity contribution >= 4 is 23.2 Å². The molecule has 9 heteroatoms. The molecule has 0 unspecified atom stereocenters. The largest absolute Gasteiger partial charge is 0.380 e. The average molecular weight is 480 g/mol. The molecule has 9 nitrogen and oxygen atoms in total. The highest BCUT2D eigenvalue weighted by molar-refractivity contribution is 5.61. The molecule has 3 N–H and O–H groups in total. The summed E-state index contributed by atoms with van der Waals surface area (Å²) in [5.41, 5.74) is 10.2. The van der Waals surface area contributed by atoms with Crippen LogP contribution >= 0.6 is 0 Å². The zero-order chi connectivity index (χ0) is 24.9. The van der Waals surface area contributed by atoms with Gasteiger partial charge >= 0.3 is 0 Å². The van der Waals surface area contributed by atoms with E-state index >= 15 is 0 Å². The standard InChI is InChI=1S/C26H41N9/c1-6-8-20(9-7-2)30-26-31-23(27)25-29-17-22(35(25)32-26)15-19-14-18(3)24(28-16-19)34-12-10-21(11-13-34)33(4)5/h14,16-17,20-21H,6-13,15H2,1-5H3,(H3,27,30,31,32). The number of piperidine rings is 1. The summed E-state index contributed by atoms with van der Waals surface area (Å²) in [5.74, 6) is 2.05. The summed E-state index contributed by atoms with van der Waals surface area (Å²) in [6, 6.07) is 3.24. The Morgan fingerprint density at radius 3 is 2.46 bits per heavy atom. The first kappa shape index (κ1) is 25.2. The van der Waals surface area contributed by atoms with Crippen LogP contribution < -0.4 is 16.0 Å². The maximum absolute atomic E-state index is 6.25. The molecule has 0 amide bonds. The van der Waals surface area contributed by atoms with Gasteiger partial charge in [0.05, 0.1) is 11.9 Å². The molecule has 3 aromatic heterocycles. The zero-order valence-electron chi connectivity index (χ0n) is 22.0. The summed E-state index contributed by atoms with van der Waals surface area (Å²) < 4.78 is 1.83. The first-order chi connectivity index (χ1) is 16.9. The van der Waals surface area contributed by atoms with E-state index in [4.69, 9.17) is 15.8 Å². The molecule has 0 aromatic carbocycles. The fourth-order valence-corrected chi connectivity index (χ4v) is 5.15. The summed E-state index contributed by atoms with van der Waals surface area (Å²) in [5, 5.41) is 8.24. The van der Waals surface area contributed by atoms with Crippen molar-refractivity contribution in [3.63, 3.8) is 0 Å². The summed E-state index contributed by atoms with van der Waals surface area (Å²) in [6.45, 7) is 8.65. The van der Waals surface area contributed by atoms with Gasteiger partial charge in [-0.3, -0.25) is 0 Å². The minimum atomic E-state index is 0.344. The summed E-state index contributed by atoms with van der Waals surface area (Å²) in [4.78, 5) is 18.6. The smallest absolute Gasteiger partial charge is 0.243 e. The highest BCUT2D eigenvalue weighted by Gasteiger charge is 2.22. The third kappa shape index (κ3) is 5.83. The molecule has 1 fully saturated rings. The van der Waals surface area contributed by atoms with Crippen LogP contribution in [0.4, 0.5) is 17.6 Å². The number of fused-ring (bicyclic) bond motifs is 1. The lowest BCUT2D eigenvalue weighted by Gasteiger charge is -2.36. The number of nitrogens with zero attached hydrogens (tertiary/aromatic N) is 7. The van der Waals surface area contributed by atoms with Crippen molar-refractivity contribution in [2.75, 3.05) is 43.1 Å². The normalized spacial score (nSPS) is 15.0. The number of rotatable bonds is 10. The highest BCUT2D eigenvalue weighted by atomic mass is 15.3. The lowest BCUT2D eigenvalue weighted by atomic mass is 10.0. The van der Waals surface area contributed by atoms with E-state index in [0.29, 0.717) is 35.9 Å². The number of nitrogens with one attached hydrogen (secondary N) is 1. The molecule has 0 aliphatic carbocycles. The average Bonchev–Trinajstić information content (AvgIpc) is 3.23. The first-order valence-corrected chi connectivity index (χ1v) is 13.0. The number of hydrogen-bond donors (Lipinski definition) is 2. The van der Waals surface area contributed by atoms with Gasteiger partial charge in [-0.2, -0.15) is 4.98 Å². The molecule has 0 bridgehead atoms. The molecule has 190 valence electrons. The van der Waals surface area contributed by atoms with Crippen molar-refractivity contribution in [3.8, 4) is 0 Å². The van der Waals surface area contributed by atoms with Gasteiger partial charge in [0.15, 0.2) is 11.5 Å². The number of pyridine rings is 1. The predicted octanol–water partition coefficient (Wildman–Crippen LogP) is 3.91. The Hall–Kier alpha value is -2.94. The Morgan fingerprint density at radius 1 is 1.11 bits per heavy atom. The minimum absolute atomic E-state index is 0.344. The van der Waals surface area contributed by atoms with Crippen molar-refractivity contribution in [1.29, 1.82) is 0 Å². The third-order valence-electron chi connectivity index (χ3n) is 7.05. The van der Waals surface area contributed by atoms with Crippen LogP contribution in [-0.2, 0) is 6.42 Å². The minimum Gasteiger partial charge on any atom is -0.380 e. The molecule has 1 saturated heterocycles. The number of anilines is 3. The van der Waals surface area contributed by atoms with Gasteiger partial charge in [0, 0.05) is 37.8 Å². The second-order valence-electron chi connectivity index (χ2n) is 10.1. The molecule has 0 saturated carbocycles. The van der Waals surface area contributed by atoms with Crippen LogP contribution in [0.3, 0.4) is 0 Å². The van der Waals surface area contributed by atoms with Crippen LogP contribution in [0.5, 0.6) is 0 Å². The summed E-state index contributed by atoms with van der Waals surface area (Å²) in [7, 11) is 4.34. The molecule has 1 aliphatic rings. The number of nitrogens with two attached hydrogens (primary N) is 1. The highest BCUT2D eigenvalue weighted by Crippen LogP contribution is 2.25.